The van der Waals surface area contributed by atoms with Gasteiger partial charge in [-0.15, -0.1) is 11.3 Å². The second kappa shape index (κ2) is 4.55. The summed E-state index contributed by atoms with van der Waals surface area (Å²) in [5, 5.41) is 11.1. The first kappa shape index (κ1) is 11.6. The van der Waals surface area contributed by atoms with Gasteiger partial charge in [0.1, 0.15) is 0 Å². The van der Waals surface area contributed by atoms with Gasteiger partial charge in [0, 0.05) is 17.5 Å². The fourth-order valence-electron chi connectivity index (χ4n) is 2.32. The third kappa shape index (κ3) is 2.13. The van der Waals surface area contributed by atoms with Crippen LogP contribution >= 0.6 is 11.3 Å². The van der Waals surface area contributed by atoms with E-state index in [0.29, 0.717) is 12.6 Å². The maximum atomic E-state index is 10.9. The van der Waals surface area contributed by atoms with Crippen molar-refractivity contribution in [3.05, 3.63) is 21.9 Å². The van der Waals surface area contributed by atoms with Crippen LogP contribution in [0.4, 0.5) is 0 Å². The van der Waals surface area contributed by atoms with Crippen LogP contribution in [0.1, 0.15) is 29.8 Å². The highest BCUT2D eigenvalue weighted by molar-refractivity contribution is 7.10. The quantitative estimate of drug-likeness (QED) is 0.881. The maximum absolute atomic E-state index is 10.9. The van der Waals surface area contributed by atoms with Crippen LogP contribution in [0.25, 0.3) is 0 Å². The molecular weight excluding hydrogens is 222 g/mol. The van der Waals surface area contributed by atoms with E-state index in [1.807, 2.05) is 0 Å². The molecule has 1 fully saturated rings. The van der Waals surface area contributed by atoms with Gasteiger partial charge < -0.3 is 5.11 Å². The fraction of sp³-hybridized carbons (Fsp3) is 0.583. The molecule has 3 nitrogen and oxygen atoms in total. The molecule has 2 atom stereocenters. The number of nitrogens with zero attached hydrogens (tertiary/aromatic N) is 1. The largest absolute Gasteiger partial charge is 0.481 e. The average Bonchev–Trinajstić information content (AvgIpc) is 2.84. The molecule has 1 aromatic heterocycles. The van der Waals surface area contributed by atoms with Crippen molar-refractivity contribution in [1.29, 1.82) is 0 Å². The highest BCUT2D eigenvalue weighted by Gasteiger charge is 2.31. The Balaban J connectivity index is 2.05. The lowest BCUT2D eigenvalue weighted by atomic mass is 10.1. The molecule has 4 heteroatoms. The number of carbonyl (C=O) groups is 1. The van der Waals surface area contributed by atoms with Crippen molar-refractivity contribution in [3.63, 3.8) is 0 Å². The van der Waals surface area contributed by atoms with E-state index in [4.69, 9.17) is 5.11 Å². The molecule has 16 heavy (non-hydrogen) atoms. The number of thiophene rings is 1. The molecule has 1 aliphatic rings. The molecule has 0 radical (unpaired) electrons. The lowest BCUT2D eigenvalue weighted by Crippen LogP contribution is -2.26. The summed E-state index contributed by atoms with van der Waals surface area (Å²) >= 11 is 1.77. The summed E-state index contributed by atoms with van der Waals surface area (Å²) in [5.74, 6) is -0.833. The summed E-state index contributed by atoms with van der Waals surface area (Å²) in [6.07, 6.45) is 0.782. The Kier molecular flexibility index (Phi) is 3.30. The van der Waals surface area contributed by atoms with Crippen LogP contribution in [0.15, 0.2) is 11.4 Å². The number of aryl methyl sites for hydroxylation is 1. The van der Waals surface area contributed by atoms with Crippen LogP contribution in [0.3, 0.4) is 0 Å². The molecule has 0 bridgehead atoms. The predicted molar refractivity (Wildman–Crippen MR) is 64.8 cm³/mol. The van der Waals surface area contributed by atoms with Gasteiger partial charge in [-0.2, -0.15) is 0 Å². The first-order valence-corrected chi connectivity index (χ1v) is 6.48. The zero-order chi connectivity index (χ0) is 11.7. The predicted octanol–water partition coefficient (Wildman–Crippen LogP) is 2.52. The summed E-state index contributed by atoms with van der Waals surface area (Å²) in [4.78, 5) is 14.5. The third-order valence-electron chi connectivity index (χ3n) is 3.40. The summed E-state index contributed by atoms with van der Waals surface area (Å²) in [6, 6.07) is 2.48. The van der Waals surface area contributed by atoms with Gasteiger partial charge in [0.2, 0.25) is 0 Å². The smallest absolute Gasteiger partial charge is 0.307 e. The van der Waals surface area contributed by atoms with Gasteiger partial charge in [-0.05, 0) is 43.8 Å². The van der Waals surface area contributed by atoms with Crippen molar-refractivity contribution < 1.29 is 9.90 Å². The zero-order valence-corrected chi connectivity index (χ0v) is 10.5. The molecule has 0 aliphatic carbocycles. The van der Waals surface area contributed by atoms with Gasteiger partial charge in [0.05, 0.1) is 5.92 Å². The maximum Gasteiger partial charge on any atom is 0.307 e. The van der Waals surface area contributed by atoms with Crippen LogP contribution in [0, 0.1) is 12.8 Å². The number of aliphatic carboxylic acids is 1. The normalized spacial score (nSPS) is 23.5. The van der Waals surface area contributed by atoms with Crippen LogP contribution < -0.4 is 0 Å². The topological polar surface area (TPSA) is 40.5 Å². The van der Waals surface area contributed by atoms with Gasteiger partial charge in [-0.1, -0.05) is 0 Å². The van der Waals surface area contributed by atoms with Crippen molar-refractivity contribution in [2.24, 2.45) is 5.92 Å². The van der Waals surface area contributed by atoms with Gasteiger partial charge in [0.15, 0.2) is 0 Å². The number of carboxylic acids is 1. The average molecular weight is 239 g/mol. The minimum Gasteiger partial charge on any atom is -0.481 e. The molecule has 2 unspecified atom stereocenters. The number of likely N-dealkylation sites (tertiary alicyclic amines) is 1. The van der Waals surface area contributed by atoms with E-state index in [0.717, 1.165) is 13.0 Å². The van der Waals surface area contributed by atoms with Crippen LogP contribution in [0.5, 0.6) is 0 Å². The van der Waals surface area contributed by atoms with Crippen molar-refractivity contribution in [2.45, 2.75) is 26.3 Å². The van der Waals surface area contributed by atoms with Crippen molar-refractivity contribution >= 4 is 17.3 Å². The monoisotopic (exact) mass is 239 g/mol. The molecule has 0 spiro atoms. The van der Waals surface area contributed by atoms with E-state index < -0.39 is 5.97 Å². The van der Waals surface area contributed by atoms with E-state index in [-0.39, 0.29) is 5.92 Å². The third-order valence-corrected chi connectivity index (χ3v) is 4.59. The Morgan fingerprint density at radius 1 is 1.69 bits per heavy atom. The molecule has 2 heterocycles. The zero-order valence-electron chi connectivity index (χ0n) is 9.64. The Morgan fingerprint density at radius 2 is 2.44 bits per heavy atom. The van der Waals surface area contributed by atoms with E-state index in [2.05, 4.69) is 30.2 Å². The first-order valence-electron chi connectivity index (χ1n) is 5.60. The van der Waals surface area contributed by atoms with E-state index >= 15 is 0 Å². The van der Waals surface area contributed by atoms with Crippen molar-refractivity contribution in [1.82, 2.24) is 4.90 Å². The minimum absolute atomic E-state index is 0.178. The molecule has 2 rings (SSSR count). The summed E-state index contributed by atoms with van der Waals surface area (Å²) in [6.45, 7) is 5.87. The van der Waals surface area contributed by atoms with Crippen LogP contribution in [0.2, 0.25) is 0 Å². The van der Waals surface area contributed by atoms with Gasteiger partial charge in [0.25, 0.3) is 0 Å². The van der Waals surface area contributed by atoms with E-state index in [1.54, 1.807) is 11.3 Å². The summed E-state index contributed by atoms with van der Waals surface area (Å²) in [7, 11) is 0. The Labute approximate surface area is 99.7 Å². The molecule has 0 saturated carbocycles. The van der Waals surface area contributed by atoms with E-state index in [9.17, 15) is 4.79 Å². The highest BCUT2D eigenvalue weighted by atomic mass is 32.1. The number of hydrogen-bond acceptors (Lipinski definition) is 3. The highest BCUT2D eigenvalue weighted by Crippen LogP contribution is 2.32. The second-order valence-electron chi connectivity index (χ2n) is 4.46. The molecule has 0 aromatic carbocycles. The van der Waals surface area contributed by atoms with Crippen LogP contribution in [-0.2, 0) is 4.79 Å². The molecule has 1 N–H and O–H groups in total. The Bertz CT molecular complexity index is 388. The molecule has 1 aliphatic heterocycles. The Hall–Kier alpha value is -0.870. The van der Waals surface area contributed by atoms with Gasteiger partial charge >= 0.3 is 5.97 Å². The molecule has 0 amide bonds. The molecule has 88 valence electrons. The van der Waals surface area contributed by atoms with Crippen molar-refractivity contribution in [3.8, 4) is 0 Å². The SMILES string of the molecule is Cc1ccsc1C(C)N1CCC(C(=O)O)C1. The standard InChI is InChI=1S/C12H17NO2S/c1-8-4-6-16-11(8)9(2)13-5-3-10(7-13)12(14)15/h4,6,9-10H,3,5,7H2,1-2H3,(H,14,15). The summed E-state index contributed by atoms with van der Waals surface area (Å²) < 4.78 is 0. The number of hydrogen-bond donors (Lipinski definition) is 1. The second-order valence-corrected chi connectivity index (χ2v) is 5.41. The van der Waals surface area contributed by atoms with Gasteiger partial charge in [-0.25, -0.2) is 0 Å². The lowest BCUT2D eigenvalue weighted by molar-refractivity contribution is -0.141. The fourth-order valence-corrected chi connectivity index (χ4v) is 3.34. The summed E-state index contributed by atoms with van der Waals surface area (Å²) in [5.41, 5.74) is 1.32. The van der Waals surface area contributed by atoms with Gasteiger partial charge in [-0.3, -0.25) is 9.69 Å². The Morgan fingerprint density at radius 3 is 2.94 bits per heavy atom. The lowest BCUT2D eigenvalue weighted by Gasteiger charge is -2.23. The molecular formula is C12H17NO2S. The molecule has 1 saturated heterocycles. The molecule has 1 aromatic rings. The minimum atomic E-state index is -0.655. The number of carboxylic acid groups (broad SMARTS) is 1. The van der Waals surface area contributed by atoms with E-state index in [1.165, 1.54) is 10.4 Å². The number of rotatable bonds is 3. The first-order chi connectivity index (χ1) is 7.59. The van der Waals surface area contributed by atoms with Crippen molar-refractivity contribution in [2.75, 3.05) is 13.1 Å². The van der Waals surface area contributed by atoms with Crippen LogP contribution in [-0.4, -0.2) is 29.1 Å².